The molecule has 2 aromatic rings. The Kier molecular flexibility index (Phi) is 3.25. The fraction of sp³-hybridized carbons (Fsp3) is 0.286. The summed E-state index contributed by atoms with van der Waals surface area (Å²) in [6.45, 7) is 0. The number of ether oxygens (including phenoxy) is 1. The van der Waals surface area contributed by atoms with Crippen molar-refractivity contribution in [3.63, 3.8) is 0 Å². The number of H-pyrrole nitrogens is 1. The van der Waals surface area contributed by atoms with Gasteiger partial charge in [0.1, 0.15) is 11.6 Å². The summed E-state index contributed by atoms with van der Waals surface area (Å²) in [7, 11) is 1.40. The Bertz CT molecular complexity index is 694. The average molecular weight is 290 g/mol. The molecule has 0 aliphatic heterocycles. The topological polar surface area (TPSA) is 93.0 Å². The second-order valence-corrected chi connectivity index (χ2v) is 4.97. The lowest BCUT2D eigenvalue weighted by molar-refractivity contribution is 0.102. The number of carbonyl (C=O) groups excluding carboxylic acids is 1. The number of amides is 1. The molecule has 1 aliphatic carbocycles. The molecule has 110 valence electrons. The lowest BCUT2D eigenvalue weighted by Gasteiger charge is -2.09. The summed E-state index contributed by atoms with van der Waals surface area (Å²) in [5.74, 6) is -0.292. The summed E-state index contributed by atoms with van der Waals surface area (Å²) in [6, 6.07) is 3.86. The zero-order valence-corrected chi connectivity index (χ0v) is 11.4. The minimum atomic E-state index is -0.458. The maximum Gasteiger partial charge on any atom is 0.278 e. The predicted octanol–water partition coefficient (Wildman–Crippen LogP) is 2.27. The summed E-state index contributed by atoms with van der Waals surface area (Å²) in [4.78, 5) is 12.2. The van der Waals surface area contributed by atoms with E-state index in [0.717, 1.165) is 18.5 Å². The van der Waals surface area contributed by atoms with Gasteiger partial charge in [-0.25, -0.2) is 4.39 Å². The van der Waals surface area contributed by atoms with Crippen LogP contribution < -0.4 is 15.8 Å². The minimum Gasteiger partial charge on any atom is -0.494 e. The van der Waals surface area contributed by atoms with Crippen LogP contribution in [-0.4, -0.2) is 23.2 Å². The van der Waals surface area contributed by atoms with Gasteiger partial charge in [-0.05, 0) is 25.0 Å². The van der Waals surface area contributed by atoms with E-state index in [1.807, 2.05) is 0 Å². The van der Waals surface area contributed by atoms with E-state index in [9.17, 15) is 9.18 Å². The molecule has 0 radical (unpaired) electrons. The Hall–Kier alpha value is -2.57. The maximum atomic E-state index is 13.1. The van der Waals surface area contributed by atoms with Crippen LogP contribution in [0.15, 0.2) is 18.2 Å². The molecule has 4 N–H and O–H groups in total. The number of nitrogens with zero attached hydrogens (tertiary/aromatic N) is 1. The van der Waals surface area contributed by atoms with Gasteiger partial charge in [0, 0.05) is 12.0 Å². The molecule has 6 nitrogen and oxygen atoms in total. The number of rotatable bonds is 4. The lowest BCUT2D eigenvalue weighted by Crippen LogP contribution is -2.15. The van der Waals surface area contributed by atoms with E-state index in [4.69, 9.17) is 10.5 Å². The highest BCUT2D eigenvalue weighted by Gasteiger charge is 2.30. The number of aromatic nitrogens is 2. The molecule has 0 unspecified atom stereocenters. The molecule has 1 aromatic heterocycles. The van der Waals surface area contributed by atoms with Gasteiger partial charge in [0.2, 0.25) is 0 Å². The number of nitrogen functional groups attached to an aromatic ring is 1. The third kappa shape index (κ3) is 2.54. The fourth-order valence-electron chi connectivity index (χ4n) is 2.17. The first-order valence-corrected chi connectivity index (χ1v) is 6.58. The van der Waals surface area contributed by atoms with E-state index in [0.29, 0.717) is 17.3 Å². The van der Waals surface area contributed by atoms with Crippen molar-refractivity contribution in [1.29, 1.82) is 0 Å². The number of benzene rings is 1. The van der Waals surface area contributed by atoms with Crippen molar-refractivity contribution in [3.05, 3.63) is 35.4 Å². The van der Waals surface area contributed by atoms with Gasteiger partial charge in [-0.3, -0.25) is 9.89 Å². The first-order valence-electron chi connectivity index (χ1n) is 6.58. The van der Waals surface area contributed by atoms with Crippen LogP contribution in [0.1, 0.15) is 34.9 Å². The van der Waals surface area contributed by atoms with E-state index in [2.05, 4.69) is 15.5 Å². The van der Waals surface area contributed by atoms with Crippen molar-refractivity contribution < 1.29 is 13.9 Å². The number of nitrogens with one attached hydrogen (secondary N) is 2. The number of nitrogens with two attached hydrogens (primary N) is 1. The van der Waals surface area contributed by atoms with Crippen LogP contribution in [0.5, 0.6) is 5.75 Å². The monoisotopic (exact) mass is 290 g/mol. The average Bonchev–Trinajstić information content (AvgIpc) is 3.23. The van der Waals surface area contributed by atoms with Crippen LogP contribution in [0.4, 0.5) is 15.8 Å². The van der Waals surface area contributed by atoms with Crippen molar-refractivity contribution in [2.45, 2.75) is 18.8 Å². The van der Waals surface area contributed by atoms with E-state index in [1.165, 1.54) is 25.3 Å². The number of aromatic amines is 1. The summed E-state index contributed by atoms with van der Waals surface area (Å²) in [5.41, 5.74) is 7.63. The van der Waals surface area contributed by atoms with E-state index in [1.54, 1.807) is 0 Å². The highest BCUT2D eigenvalue weighted by atomic mass is 19.1. The molecule has 0 atom stereocenters. The zero-order valence-electron chi connectivity index (χ0n) is 11.4. The van der Waals surface area contributed by atoms with Crippen LogP contribution in [0.25, 0.3) is 0 Å². The van der Waals surface area contributed by atoms with Crippen LogP contribution in [0, 0.1) is 5.82 Å². The summed E-state index contributed by atoms with van der Waals surface area (Å²) >= 11 is 0. The van der Waals surface area contributed by atoms with E-state index < -0.39 is 11.7 Å². The van der Waals surface area contributed by atoms with Gasteiger partial charge in [0.05, 0.1) is 24.2 Å². The van der Waals surface area contributed by atoms with Gasteiger partial charge in [0.25, 0.3) is 5.91 Å². The number of halogens is 1. The summed E-state index contributed by atoms with van der Waals surface area (Å²) in [5, 5.41) is 9.41. The quantitative estimate of drug-likeness (QED) is 0.805. The molecule has 1 amide bonds. The molecule has 1 saturated carbocycles. The number of hydrogen-bond acceptors (Lipinski definition) is 4. The van der Waals surface area contributed by atoms with Crippen LogP contribution in [-0.2, 0) is 0 Å². The van der Waals surface area contributed by atoms with Crippen molar-refractivity contribution in [2.24, 2.45) is 0 Å². The standard InChI is InChI=1S/C14H15FN4O2/c1-21-10-6-8(15)4-5-9(10)17-14(20)13-11(16)12(18-19-13)7-2-3-7/h4-7H,2-3,16H2,1H3,(H,17,20)(H,18,19). The Balaban J connectivity index is 1.83. The second-order valence-electron chi connectivity index (χ2n) is 4.97. The Morgan fingerprint density at radius 3 is 2.95 bits per heavy atom. The van der Waals surface area contributed by atoms with E-state index >= 15 is 0 Å². The molecule has 0 bridgehead atoms. The highest BCUT2D eigenvalue weighted by molar-refractivity contribution is 6.07. The van der Waals surface area contributed by atoms with Gasteiger partial charge in [-0.1, -0.05) is 0 Å². The molecule has 21 heavy (non-hydrogen) atoms. The van der Waals surface area contributed by atoms with Gasteiger partial charge in [-0.2, -0.15) is 5.10 Å². The minimum absolute atomic E-state index is 0.142. The summed E-state index contributed by atoms with van der Waals surface area (Å²) < 4.78 is 18.2. The third-order valence-electron chi connectivity index (χ3n) is 3.45. The molecule has 1 fully saturated rings. The maximum absolute atomic E-state index is 13.1. The lowest BCUT2D eigenvalue weighted by atomic mass is 10.2. The van der Waals surface area contributed by atoms with Crippen molar-refractivity contribution in [1.82, 2.24) is 10.2 Å². The fourth-order valence-corrected chi connectivity index (χ4v) is 2.17. The van der Waals surface area contributed by atoms with Crippen molar-refractivity contribution in [2.75, 3.05) is 18.2 Å². The largest absolute Gasteiger partial charge is 0.494 e. The van der Waals surface area contributed by atoms with Crippen LogP contribution >= 0.6 is 0 Å². The van der Waals surface area contributed by atoms with Crippen molar-refractivity contribution in [3.8, 4) is 5.75 Å². The van der Waals surface area contributed by atoms with Crippen molar-refractivity contribution >= 4 is 17.3 Å². The first kappa shape index (κ1) is 13.4. The molecular weight excluding hydrogens is 275 g/mol. The Morgan fingerprint density at radius 2 is 2.29 bits per heavy atom. The summed E-state index contributed by atoms with van der Waals surface area (Å²) in [6.07, 6.45) is 2.11. The SMILES string of the molecule is COc1cc(F)ccc1NC(=O)c1n[nH]c(C2CC2)c1N. The molecule has 7 heteroatoms. The molecule has 1 heterocycles. The van der Waals surface area contributed by atoms with Gasteiger partial charge in [-0.15, -0.1) is 0 Å². The van der Waals surface area contributed by atoms with Gasteiger partial charge >= 0.3 is 0 Å². The highest BCUT2D eigenvalue weighted by Crippen LogP contribution is 2.42. The number of carbonyl (C=O) groups is 1. The molecule has 0 spiro atoms. The first-order chi connectivity index (χ1) is 10.1. The molecule has 3 rings (SSSR count). The number of hydrogen-bond donors (Lipinski definition) is 3. The smallest absolute Gasteiger partial charge is 0.278 e. The van der Waals surface area contributed by atoms with Crippen LogP contribution in [0.2, 0.25) is 0 Å². The Morgan fingerprint density at radius 1 is 1.52 bits per heavy atom. The number of anilines is 2. The molecule has 1 aromatic carbocycles. The zero-order chi connectivity index (χ0) is 15.0. The normalized spacial score (nSPS) is 14.0. The third-order valence-corrected chi connectivity index (χ3v) is 3.45. The second kappa shape index (κ2) is 5.08. The van der Waals surface area contributed by atoms with E-state index in [-0.39, 0.29) is 11.4 Å². The van der Waals surface area contributed by atoms with Gasteiger partial charge in [0.15, 0.2) is 5.69 Å². The van der Waals surface area contributed by atoms with Crippen LogP contribution in [0.3, 0.4) is 0 Å². The number of methoxy groups -OCH3 is 1. The molecular formula is C14H15FN4O2. The van der Waals surface area contributed by atoms with Gasteiger partial charge < -0.3 is 15.8 Å². The molecule has 1 aliphatic rings. The predicted molar refractivity (Wildman–Crippen MR) is 75.9 cm³/mol. The molecule has 0 saturated heterocycles. The Labute approximate surface area is 120 Å².